The first-order chi connectivity index (χ1) is 22.5. The lowest BCUT2D eigenvalue weighted by atomic mass is 9.90. The molecule has 1 aliphatic heterocycles. The SMILES string of the molecule is Nc1ncnc2c1c(-c1ccc3c(ccn3Cc3ccccc3OC(F)F)c1)nn2[C@H]1CC[C@H](N2CCN(CCCO)CC2)CC1. The summed E-state index contributed by atoms with van der Waals surface area (Å²) >= 11 is 0. The number of nitrogens with zero attached hydrogens (tertiary/aromatic N) is 7. The van der Waals surface area contributed by atoms with E-state index in [4.69, 9.17) is 20.7 Å². The lowest BCUT2D eigenvalue weighted by Gasteiger charge is -2.42. The van der Waals surface area contributed by atoms with Gasteiger partial charge in [-0.1, -0.05) is 24.3 Å². The number of piperazine rings is 1. The van der Waals surface area contributed by atoms with Crippen LogP contribution in [-0.2, 0) is 6.54 Å². The van der Waals surface area contributed by atoms with E-state index >= 15 is 0 Å². The number of rotatable bonds is 10. The highest BCUT2D eigenvalue weighted by Gasteiger charge is 2.31. The van der Waals surface area contributed by atoms with Gasteiger partial charge >= 0.3 is 6.61 Å². The zero-order valence-corrected chi connectivity index (χ0v) is 25.8. The van der Waals surface area contributed by atoms with Crippen molar-refractivity contribution in [1.82, 2.24) is 34.1 Å². The molecule has 3 aromatic heterocycles. The van der Waals surface area contributed by atoms with Crippen molar-refractivity contribution in [2.24, 2.45) is 0 Å². The first-order valence-corrected chi connectivity index (χ1v) is 16.2. The number of para-hydroxylation sites is 1. The topological polar surface area (TPSA) is 110 Å². The van der Waals surface area contributed by atoms with Gasteiger partial charge in [-0.3, -0.25) is 4.90 Å². The van der Waals surface area contributed by atoms with Crippen molar-refractivity contribution in [3.63, 3.8) is 0 Å². The van der Waals surface area contributed by atoms with Crippen molar-refractivity contribution in [2.45, 2.75) is 57.3 Å². The fourth-order valence-corrected chi connectivity index (χ4v) is 7.28. The van der Waals surface area contributed by atoms with Crippen LogP contribution in [0.3, 0.4) is 0 Å². The average molecular weight is 631 g/mol. The summed E-state index contributed by atoms with van der Waals surface area (Å²) in [5, 5.41) is 16.1. The Kier molecular flexibility index (Phi) is 8.83. The van der Waals surface area contributed by atoms with E-state index < -0.39 is 6.61 Å². The van der Waals surface area contributed by atoms with E-state index in [1.165, 1.54) is 6.33 Å². The maximum Gasteiger partial charge on any atom is 0.387 e. The van der Waals surface area contributed by atoms with Crippen LogP contribution >= 0.6 is 0 Å². The number of aliphatic hydroxyl groups excluding tert-OH is 1. The van der Waals surface area contributed by atoms with Crippen LogP contribution in [0.1, 0.15) is 43.7 Å². The smallest absolute Gasteiger partial charge is 0.387 e. The summed E-state index contributed by atoms with van der Waals surface area (Å²) in [6.07, 6.45) is 8.58. The molecule has 3 N–H and O–H groups in total. The number of alkyl halides is 2. The van der Waals surface area contributed by atoms with Gasteiger partial charge < -0.3 is 25.0 Å². The van der Waals surface area contributed by atoms with Crippen LogP contribution in [0.2, 0.25) is 0 Å². The number of aromatic nitrogens is 5. The minimum atomic E-state index is -2.88. The van der Waals surface area contributed by atoms with E-state index in [1.807, 2.05) is 35.0 Å². The van der Waals surface area contributed by atoms with Gasteiger partial charge in [0.2, 0.25) is 0 Å². The third-order valence-electron chi connectivity index (χ3n) is 9.66. The van der Waals surface area contributed by atoms with Gasteiger partial charge in [0.15, 0.2) is 5.65 Å². The number of benzene rings is 2. The number of anilines is 1. The van der Waals surface area contributed by atoms with E-state index in [1.54, 1.807) is 18.2 Å². The molecule has 0 atom stereocenters. The molecule has 2 fully saturated rings. The number of ether oxygens (including phenoxy) is 1. The summed E-state index contributed by atoms with van der Waals surface area (Å²) in [6, 6.07) is 15.8. The van der Waals surface area contributed by atoms with E-state index in [-0.39, 0.29) is 18.4 Å². The minimum Gasteiger partial charge on any atom is -0.434 e. The van der Waals surface area contributed by atoms with Crippen molar-refractivity contribution >= 4 is 27.8 Å². The summed E-state index contributed by atoms with van der Waals surface area (Å²) in [4.78, 5) is 14.1. The second-order valence-electron chi connectivity index (χ2n) is 12.4. The first kappa shape index (κ1) is 30.5. The molecule has 0 radical (unpaired) electrons. The summed E-state index contributed by atoms with van der Waals surface area (Å²) in [5.41, 5.74) is 10.5. The second kappa shape index (κ2) is 13.3. The van der Waals surface area contributed by atoms with Crippen LogP contribution in [0, 0.1) is 0 Å². The van der Waals surface area contributed by atoms with Crippen LogP contribution in [0.15, 0.2) is 61.1 Å². The molecule has 10 nitrogen and oxygen atoms in total. The Morgan fingerprint density at radius 2 is 1.74 bits per heavy atom. The summed E-state index contributed by atoms with van der Waals surface area (Å²) < 4.78 is 34.8. The van der Waals surface area contributed by atoms with Crippen molar-refractivity contribution in [1.29, 1.82) is 0 Å². The van der Waals surface area contributed by atoms with Crippen LogP contribution in [0.25, 0.3) is 33.2 Å². The molecule has 0 bridgehead atoms. The zero-order chi connectivity index (χ0) is 31.6. The Morgan fingerprint density at radius 3 is 2.52 bits per heavy atom. The molecule has 0 amide bonds. The molecule has 1 aliphatic carbocycles. The molecule has 4 heterocycles. The lowest BCUT2D eigenvalue weighted by molar-refractivity contribution is -0.0504. The van der Waals surface area contributed by atoms with Gasteiger partial charge in [-0.2, -0.15) is 13.9 Å². The number of fused-ring (bicyclic) bond motifs is 2. The van der Waals surface area contributed by atoms with Crippen molar-refractivity contribution < 1.29 is 18.6 Å². The average Bonchev–Trinajstić information content (AvgIpc) is 3.67. The van der Waals surface area contributed by atoms with Crippen molar-refractivity contribution in [2.75, 3.05) is 45.1 Å². The number of aliphatic hydroxyl groups is 1. The summed E-state index contributed by atoms with van der Waals surface area (Å²) in [7, 11) is 0. The number of hydrogen-bond acceptors (Lipinski definition) is 8. The Bertz CT molecular complexity index is 1790. The highest BCUT2D eigenvalue weighted by Crippen LogP contribution is 2.38. The molecule has 46 heavy (non-hydrogen) atoms. The third kappa shape index (κ3) is 6.16. The highest BCUT2D eigenvalue weighted by atomic mass is 19.3. The summed E-state index contributed by atoms with van der Waals surface area (Å²) in [6.45, 7) is 3.05. The molecule has 0 unspecified atom stereocenters. The van der Waals surface area contributed by atoms with Crippen molar-refractivity contribution in [3.05, 3.63) is 66.6 Å². The summed E-state index contributed by atoms with van der Waals surface area (Å²) in [5.74, 6) is 0.585. The van der Waals surface area contributed by atoms with Gasteiger partial charge in [-0.05, 0) is 56.4 Å². The first-order valence-electron chi connectivity index (χ1n) is 16.2. The molecule has 7 rings (SSSR count). The monoisotopic (exact) mass is 630 g/mol. The quantitative estimate of drug-likeness (QED) is 0.218. The predicted molar refractivity (Wildman–Crippen MR) is 174 cm³/mol. The Balaban J connectivity index is 1.10. The largest absolute Gasteiger partial charge is 0.434 e. The number of hydrogen-bond donors (Lipinski definition) is 2. The molecular formula is C34H40F2N8O2. The van der Waals surface area contributed by atoms with Crippen LogP contribution in [-0.4, -0.2) is 91.2 Å². The maximum atomic E-state index is 13.0. The predicted octanol–water partition coefficient (Wildman–Crippen LogP) is 5.16. The fraction of sp³-hybridized carbons (Fsp3) is 0.441. The number of nitrogen functional groups attached to an aromatic ring is 1. The maximum absolute atomic E-state index is 13.0. The zero-order valence-electron chi connectivity index (χ0n) is 25.8. The normalized spacial score (nSPS) is 19.8. The van der Waals surface area contributed by atoms with E-state index in [9.17, 15) is 8.78 Å². The van der Waals surface area contributed by atoms with Gasteiger partial charge in [0.1, 0.15) is 23.6 Å². The van der Waals surface area contributed by atoms with E-state index in [2.05, 4.69) is 30.5 Å². The van der Waals surface area contributed by atoms with E-state index in [0.717, 1.165) is 98.0 Å². The van der Waals surface area contributed by atoms with E-state index in [0.29, 0.717) is 24.0 Å². The van der Waals surface area contributed by atoms with Gasteiger partial charge in [-0.15, -0.1) is 0 Å². The lowest BCUT2D eigenvalue weighted by Crippen LogP contribution is -2.51. The standard InChI is InChI=1S/C34H40F2N8O2/c35-34(36)46-29-5-2-1-4-25(29)21-43-14-12-23-20-24(6-11-28(23)43)31-30-32(37)38-22-39-33(30)44(40-31)27-9-7-26(8-10-27)42-17-15-41(16-18-42)13-3-19-45/h1-2,4-6,11-12,14,20,22,26-27,34,45H,3,7-10,13,15-19,21H2,(H2,37,38,39)/t26-,27-. The second-order valence-corrected chi connectivity index (χ2v) is 12.4. The fourth-order valence-electron chi connectivity index (χ4n) is 7.28. The molecule has 242 valence electrons. The number of halogens is 2. The van der Waals surface area contributed by atoms with Crippen molar-refractivity contribution in [3.8, 4) is 17.0 Å². The number of nitrogens with two attached hydrogens (primary N) is 1. The Hall–Kier alpha value is -4.13. The third-order valence-corrected chi connectivity index (χ3v) is 9.66. The van der Waals surface area contributed by atoms with Crippen LogP contribution in [0.5, 0.6) is 5.75 Å². The van der Waals surface area contributed by atoms with Gasteiger partial charge in [0.25, 0.3) is 0 Å². The molecule has 5 aromatic rings. The molecule has 1 saturated carbocycles. The molecular weight excluding hydrogens is 590 g/mol. The minimum absolute atomic E-state index is 0.175. The molecule has 0 spiro atoms. The van der Waals surface area contributed by atoms with Gasteiger partial charge in [0.05, 0.1) is 18.0 Å². The van der Waals surface area contributed by atoms with Crippen LogP contribution in [0.4, 0.5) is 14.6 Å². The molecule has 2 aliphatic rings. The molecule has 1 saturated heterocycles. The Labute approximate surface area is 266 Å². The Morgan fingerprint density at radius 1 is 0.957 bits per heavy atom. The molecule has 12 heteroatoms. The van der Waals surface area contributed by atoms with Gasteiger partial charge in [0, 0.05) is 73.6 Å². The van der Waals surface area contributed by atoms with Crippen LogP contribution < -0.4 is 10.5 Å². The molecule has 2 aromatic carbocycles. The van der Waals surface area contributed by atoms with Gasteiger partial charge in [-0.25, -0.2) is 14.6 Å². The highest BCUT2D eigenvalue weighted by molar-refractivity contribution is 6.00.